The van der Waals surface area contributed by atoms with Gasteiger partial charge in [0.2, 0.25) is 0 Å². The molecule has 4 nitrogen and oxygen atoms in total. The SMILES string of the molecule is CNc1nccnc1NCCCC(C)C. The topological polar surface area (TPSA) is 49.8 Å². The van der Waals surface area contributed by atoms with Crippen molar-refractivity contribution in [1.82, 2.24) is 9.97 Å². The molecule has 2 N–H and O–H groups in total. The highest BCUT2D eigenvalue weighted by Gasteiger charge is 2.01. The molecule has 0 radical (unpaired) electrons. The van der Waals surface area contributed by atoms with E-state index in [1.807, 2.05) is 7.05 Å². The standard InChI is InChI=1S/C11H20N4/c1-9(2)5-4-6-13-11-10(12-3)14-7-8-15-11/h7-9H,4-6H2,1-3H3,(H,12,14)(H,13,15). The zero-order valence-electron chi connectivity index (χ0n) is 9.75. The Labute approximate surface area is 91.5 Å². The molecule has 0 saturated carbocycles. The Morgan fingerprint density at radius 1 is 1.20 bits per heavy atom. The van der Waals surface area contributed by atoms with Gasteiger partial charge in [-0.3, -0.25) is 0 Å². The van der Waals surface area contributed by atoms with Crippen LogP contribution in [0.1, 0.15) is 26.7 Å². The summed E-state index contributed by atoms with van der Waals surface area (Å²) in [4.78, 5) is 8.40. The van der Waals surface area contributed by atoms with Gasteiger partial charge < -0.3 is 10.6 Å². The summed E-state index contributed by atoms with van der Waals surface area (Å²) in [5.41, 5.74) is 0. The predicted octanol–water partition coefficient (Wildman–Crippen LogP) is 2.37. The fourth-order valence-electron chi connectivity index (χ4n) is 1.37. The number of rotatable bonds is 6. The molecule has 0 amide bonds. The smallest absolute Gasteiger partial charge is 0.169 e. The minimum absolute atomic E-state index is 0.762. The summed E-state index contributed by atoms with van der Waals surface area (Å²) in [6.45, 7) is 5.42. The Morgan fingerprint density at radius 3 is 2.47 bits per heavy atom. The molecule has 84 valence electrons. The monoisotopic (exact) mass is 208 g/mol. The van der Waals surface area contributed by atoms with E-state index in [0.717, 1.165) is 30.5 Å². The van der Waals surface area contributed by atoms with E-state index in [-0.39, 0.29) is 0 Å². The van der Waals surface area contributed by atoms with Crippen LogP contribution in [0.25, 0.3) is 0 Å². The fourth-order valence-corrected chi connectivity index (χ4v) is 1.37. The summed E-state index contributed by atoms with van der Waals surface area (Å²) >= 11 is 0. The maximum Gasteiger partial charge on any atom is 0.169 e. The van der Waals surface area contributed by atoms with Gasteiger partial charge in [-0.15, -0.1) is 0 Å². The van der Waals surface area contributed by atoms with Crippen molar-refractivity contribution >= 4 is 11.6 Å². The second kappa shape index (κ2) is 6.22. The van der Waals surface area contributed by atoms with Gasteiger partial charge in [0.05, 0.1) is 0 Å². The van der Waals surface area contributed by atoms with E-state index in [9.17, 15) is 0 Å². The summed E-state index contributed by atoms with van der Waals surface area (Å²) in [5.74, 6) is 2.41. The number of nitrogens with zero attached hydrogens (tertiary/aromatic N) is 2. The Morgan fingerprint density at radius 2 is 1.87 bits per heavy atom. The van der Waals surface area contributed by atoms with E-state index in [2.05, 4.69) is 34.4 Å². The van der Waals surface area contributed by atoms with Gasteiger partial charge in [-0.05, 0) is 18.8 Å². The number of anilines is 2. The van der Waals surface area contributed by atoms with Crippen molar-refractivity contribution in [3.63, 3.8) is 0 Å². The quantitative estimate of drug-likeness (QED) is 0.705. The second-order valence-corrected chi connectivity index (χ2v) is 3.97. The van der Waals surface area contributed by atoms with Crippen molar-refractivity contribution in [1.29, 1.82) is 0 Å². The largest absolute Gasteiger partial charge is 0.370 e. The zero-order valence-corrected chi connectivity index (χ0v) is 9.75. The van der Waals surface area contributed by atoms with Gasteiger partial charge in [0.25, 0.3) is 0 Å². The third kappa shape index (κ3) is 4.14. The van der Waals surface area contributed by atoms with Gasteiger partial charge in [-0.25, -0.2) is 9.97 Å². The van der Waals surface area contributed by atoms with E-state index in [0.29, 0.717) is 0 Å². The lowest BCUT2D eigenvalue weighted by atomic mass is 10.1. The Balaban J connectivity index is 2.36. The molecule has 1 heterocycles. The third-order valence-corrected chi connectivity index (χ3v) is 2.19. The van der Waals surface area contributed by atoms with E-state index in [1.54, 1.807) is 12.4 Å². The number of hydrogen-bond acceptors (Lipinski definition) is 4. The van der Waals surface area contributed by atoms with Crippen LogP contribution >= 0.6 is 0 Å². The average Bonchev–Trinajstić information content (AvgIpc) is 2.24. The fraction of sp³-hybridized carbons (Fsp3) is 0.636. The maximum absolute atomic E-state index is 4.23. The van der Waals surface area contributed by atoms with Crippen LogP contribution in [0.15, 0.2) is 12.4 Å². The number of hydrogen-bond donors (Lipinski definition) is 2. The highest BCUT2D eigenvalue weighted by molar-refractivity contribution is 5.57. The van der Waals surface area contributed by atoms with E-state index in [4.69, 9.17) is 0 Å². The van der Waals surface area contributed by atoms with Gasteiger partial charge in [-0.1, -0.05) is 13.8 Å². The van der Waals surface area contributed by atoms with Gasteiger partial charge in [0, 0.05) is 26.0 Å². The maximum atomic E-state index is 4.23. The van der Waals surface area contributed by atoms with Gasteiger partial charge in [0.1, 0.15) is 0 Å². The average molecular weight is 208 g/mol. The first-order chi connectivity index (χ1) is 7.24. The molecule has 1 rings (SSSR count). The third-order valence-electron chi connectivity index (χ3n) is 2.19. The lowest BCUT2D eigenvalue weighted by molar-refractivity contribution is 0.566. The molecule has 0 saturated heterocycles. The molecule has 0 unspecified atom stereocenters. The first kappa shape index (κ1) is 11.8. The lowest BCUT2D eigenvalue weighted by Crippen LogP contribution is -2.08. The molecular formula is C11H20N4. The van der Waals surface area contributed by atoms with Crippen LogP contribution < -0.4 is 10.6 Å². The number of nitrogens with one attached hydrogen (secondary N) is 2. The molecular weight excluding hydrogens is 188 g/mol. The molecule has 15 heavy (non-hydrogen) atoms. The molecule has 0 aromatic carbocycles. The van der Waals surface area contributed by atoms with E-state index >= 15 is 0 Å². The summed E-state index contributed by atoms with van der Waals surface area (Å²) in [6, 6.07) is 0. The van der Waals surface area contributed by atoms with Crippen LogP contribution in [0, 0.1) is 5.92 Å². The highest BCUT2D eigenvalue weighted by atomic mass is 15.1. The normalized spacial score (nSPS) is 10.4. The lowest BCUT2D eigenvalue weighted by Gasteiger charge is -2.09. The molecule has 0 aliphatic heterocycles. The van der Waals surface area contributed by atoms with Crippen molar-refractivity contribution in [2.45, 2.75) is 26.7 Å². The highest BCUT2D eigenvalue weighted by Crippen LogP contribution is 2.13. The second-order valence-electron chi connectivity index (χ2n) is 3.97. The van der Waals surface area contributed by atoms with Gasteiger partial charge >= 0.3 is 0 Å². The van der Waals surface area contributed by atoms with Crippen molar-refractivity contribution in [2.24, 2.45) is 5.92 Å². The molecule has 0 aliphatic rings. The Kier molecular flexibility index (Phi) is 4.87. The van der Waals surface area contributed by atoms with Crippen molar-refractivity contribution in [3.8, 4) is 0 Å². The Bertz CT molecular complexity index is 286. The molecule has 0 aliphatic carbocycles. The first-order valence-corrected chi connectivity index (χ1v) is 5.46. The van der Waals surface area contributed by atoms with Crippen LogP contribution in [0.5, 0.6) is 0 Å². The molecule has 4 heteroatoms. The minimum Gasteiger partial charge on any atom is -0.370 e. The molecule has 0 spiro atoms. The van der Waals surface area contributed by atoms with Crippen LogP contribution in [-0.4, -0.2) is 23.6 Å². The van der Waals surface area contributed by atoms with E-state index < -0.39 is 0 Å². The van der Waals surface area contributed by atoms with Gasteiger partial charge in [-0.2, -0.15) is 0 Å². The summed E-state index contributed by atoms with van der Waals surface area (Å²) < 4.78 is 0. The summed E-state index contributed by atoms with van der Waals surface area (Å²) in [6.07, 6.45) is 5.79. The predicted molar refractivity (Wildman–Crippen MR) is 64.1 cm³/mol. The van der Waals surface area contributed by atoms with Crippen LogP contribution in [0.4, 0.5) is 11.6 Å². The summed E-state index contributed by atoms with van der Waals surface area (Å²) in [5, 5.41) is 6.29. The molecule has 1 aromatic heterocycles. The van der Waals surface area contributed by atoms with E-state index in [1.165, 1.54) is 6.42 Å². The summed E-state index contributed by atoms with van der Waals surface area (Å²) in [7, 11) is 1.85. The molecule has 1 aromatic rings. The first-order valence-electron chi connectivity index (χ1n) is 5.46. The Hall–Kier alpha value is -1.32. The molecule has 0 fully saturated rings. The van der Waals surface area contributed by atoms with Crippen LogP contribution in [-0.2, 0) is 0 Å². The minimum atomic E-state index is 0.762. The van der Waals surface area contributed by atoms with Gasteiger partial charge in [0.15, 0.2) is 11.6 Å². The van der Waals surface area contributed by atoms with Crippen molar-refractivity contribution in [3.05, 3.63) is 12.4 Å². The molecule has 0 bridgehead atoms. The molecule has 0 atom stereocenters. The van der Waals surface area contributed by atoms with Crippen molar-refractivity contribution < 1.29 is 0 Å². The number of aromatic nitrogens is 2. The zero-order chi connectivity index (χ0) is 11.1. The van der Waals surface area contributed by atoms with Crippen molar-refractivity contribution in [2.75, 3.05) is 24.2 Å². The van der Waals surface area contributed by atoms with Crippen LogP contribution in [0.3, 0.4) is 0 Å². The van der Waals surface area contributed by atoms with Crippen LogP contribution in [0.2, 0.25) is 0 Å².